The topological polar surface area (TPSA) is 55.8 Å². The Morgan fingerprint density at radius 3 is 2.74 bits per heavy atom. The largest absolute Gasteiger partial charge is 0.480 e. The number of carboxylic acid groups (broad SMARTS) is 1. The van der Waals surface area contributed by atoms with Crippen molar-refractivity contribution in [3.8, 4) is 0 Å². The molecule has 0 aliphatic carbocycles. The van der Waals surface area contributed by atoms with E-state index in [4.69, 9.17) is 0 Å². The lowest BCUT2D eigenvalue weighted by molar-refractivity contribution is -0.140. The van der Waals surface area contributed by atoms with Crippen molar-refractivity contribution in [2.24, 2.45) is 0 Å². The normalized spacial score (nSPS) is 22.9. The first-order chi connectivity index (χ1) is 8.90. The highest BCUT2D eigenvalue weighted by Crippen LogP contribution is 2.14. The summed E-state index contributed by atoms with van der Waals surface area (Å²) < 4.78 is 0. The molecule has 0 aromatic heterocycles. The van der Waals surface area contributed by atoms with Crippen LogP contribution in [0.4, 0.5) is 0 Å². The molecule has 2 unspecified atom stereocenters. The van der Waals surface area contributed by atoms with Crippen LogP contribution in [0, 0.1) is 0 Å². The first kappa shape index (κ1) is 16.4. The summed E-state index contributed by atoms with van der Waals surface area (Å²) in [5.41, 5.74) is 0. The van der Waals surface area contributed by atoms with E-state index in [1.807, 2.05) is 13.8 Å². The predicted octanol–water partition coefficient (Wildman–Crippen LogP) is 0.854. The molecular weight excluding hydrogens is 242 g/mol. The van der Waals surface area contributed by atoms with E-state index in [1.54, 1.807) is 0 Å². The van der Waals surface area contributed by atoms with Gasteiger partial charge in [-0.1, -0.05) is 13.8 Å². The van der Waals surface area contributed by atoms with Crippen LogP contribution in [0.2, 0.25) is 0 Å². The van der Waals surface area contributed by atoms with Gasteiger partial charge in [0, 0.05) is 25.2 Å². The lowest BCUT2D eigenvalue weighted by atomic mass is 10.0. The Balaban J connectivity index is 2.38. The van der Waals surface area contributed by atoms with Gasteiger partial charge in [-0.25, -0.2) is 0 Å². The number of piperidine rings is 1. The van der Waals surface area contributed by atoms with Crippen LogP contribution in [0.5, 0.6) is 0 Å². The number of carboxylic acids is 1. The van der Waals surface area contributed by atoms with E-state index in [-0.39, 0.29) is 6.04 Å². The van der Waals surface area contributed by atoms with Crippen LogP contribution in [0.1, 0.15) is 33.1 Å². The molecule has 0 amide bonds. The van der Waals surface area contributed by atoms with Gasteiger partial charge in [-0.3, -0.25) is 4.79 Å². The highest BCUT2D eigenvalue weighted by molar-refractivity contribution is 5.73. The monoisotopic (exact) mass is 271 g/mol. The third-order valence-electron chi connectivity index (χ3n) is 3.83. The average Bonchev–Trinajstić information content (AvgIpc) is 2.33. The van der Waals surface area contributed by atoms with Crippen molar-refractivity contribution in [1.29, 1.82) is 0 Å². The lowest BCUT2D eigenvalue weighted by Gasteiger charge is -2.36. The maximum absolute atomic E-state index is 11.2. The van der Waals surface area contributed by atoms with E-state index in [9.17, 15) is 9.90 Å². The Morgan fingerprint density at radius 2 is 2.21 bits per heavy atom. The molecule has 2 atom stereocenters. The van der Waals surface area contributed by atoms with Crippen LogP contribution in [0.3, 0.4) is 0 Å². The zero-order valence-electron chi connectivity index (χ0n) is 12.7. The molecule has 0 aromatic carbocycles. The summed E-state index contributed by atoms with van der Waals surface area (Å²) in [6.07, 6.45) is 3.11. The molecule has 1 aliphatic heterocycles. The number of nitrogens with zero attached hydrogens (tertiary/aromatic N) is 2. The second-order valence-electron chi connectivity index (χ2n) is 6.04. The van der Waals surface area contributed by atoms with Gasteiger partial charge in [0.1, 0.15) is 6.04 Å². The molecule has 0 spiro atoms. The summed E-state index contributed by atoms with van der Waals surface area (Å²) in [7, 11) is 4.26. The Labute approximate surface area is 117 Å². The summed E-state index contributed by atoms with van der Waals surface area (Å²) in [5.74, 6) is -0.747. The second kappa shape index (κ2) is 7.82. The maximum Gasteiger partial charge on any atom is 0.320 e. The molecule has 1 heterocycles. The smallest absolute Gasteiger partial charge is 0.320 e. The Morgan fingerprint density at radius 1 is 1.53 bits per heavy atom. The number of hydrogen-bond acceptors (Lipinski definition) is 4. The Hall–Kier alpha value is -0.650. The SMILES string of the molecule is CC(C)NC(CCN(C)C1CCCN(C)C1)C(=O)O. The van der Waals surface area contributed by atoms with Crippen LogP contribution < -0.4 is 5.32 Å². The Bertz CT molecular complexity index is 284. The summed E-state index contributed by atoms with van der Waals surface area (Å²) in [5, 5.41) is 12.3. The zero-order valence-corrected chi connectivity index (χ0v) is 12.7. The molecule has 1 rings (SSSR count). The van der Waals surface area contributed by atoms with Gasteiger partial charge in [0.2, 0.25) is 0 Å². The molecule has 0 saturated carbocycles. The van der Waals surface area contributed by atoms with Crippen molar-refractivity contribution in [2.75, 3.05) is 33.7 Å². The van der Waals surface area contributed by atoms with Gasteiger partial charge in [-0.15, -0.1) is 0 Å². The van der Waals surface area contributed by atoms with Gasteiger partial charge in [0.25, 0.3) is 0 Å². The molecule has 5 heteroatoms. The van der Waals surface area contributed by atoms with Crippen LogP contribution in [0.15, 0.2) is 0 Å². The number of hydrogen-bond donors (Lipinski definition) is 2. The van der Waals surface area contributed by atoms with Gasteiger partial charge in [0.05, 0.1) is 0 Å². The van der Waals surface area contributed by atoms with Crippen molar-refractivity contribution in [3.63, 3.8) is 0 Å². The number of carbonyl (C=O) groups is 1. The number of likely N-dealkylation sites (N-methyl/N-ethyl adjacent to an activating group) is 2. The fraction of sp³-hybridized carbons (Fsp3) is 0.929. The van der Waals surface area contributed by atoms with Gasteiger partial charge < -0.3 is 20.2 Å². The zero-order chi connectivity index (χ0) is 14.4. The van der Waals surface area contributed by atoms with Crippen LogP contribution >= 0.6 is 0 Å². The Kier molecular flexibility index (Phi) is 6.75. The number of rotatable bonds is 7. The molecule has 0 radical (unpaired) electrons. The molecule has 0 aromatic rings. The van der Waals surface area contributed by atoms with Crippen LogP contribution in [-0.4, -0.2) is 72.7 Å². The van der Waals surface area contributed by atoms with Crippen molar-refractivity contribution in [1.82, 2.24) is 15.1 Å². The van der Waals surface area contributed by atoms with Crippen molar-refractivity contribution in [2.45, 2.75) is 51.2 Å². The fourth-order valence-corrected chi connectivity index (χ4v) is 2.69. The van der Waals surface area contributed by atoms with E-state index in [0.29, 0.717) is 12.5 Å². The van der Waals surface area contributed by atoms with E-state index >= 15 is 0 Å². The van der Waals surface area contributed by atoms with Crippen molar-refractivity contribution < 1.29 is 9.90 Å². The predicted molar refractivity (Wildman–Crippen MR) is 77.5 cm³/mol. The van der Waals surface area contributed by atoms with E-state index in [0.717, 1.165) is 13.1 Å². The summed E-state index contributed by atoms with van der Waals surface area (Å²) >= 11 is 0. The number of nitrogens with one attached hydrogen (secondary N) is 1. The third kappa shape index (κ3) is 5.89. The number of likely N-dealkylation sites (tertiary alicyclic amines) is 1. The minimum absolute atomic E-state index is 0.201. The average molecular weight is 271 g/mol. The van der Waals surface area contributed by atoms with Gasteiger partial charge >= 0.3 is 5.97 Å². The lowest BCUT2D eigenvalue weighted by Crippen LogP contribution is -2.47. The van der Waals surface area contributed by atoms with Crippen molar-refractivity contribution in [3.05, 3.63) is 0 Å². The highest BCUT2D eigenvalue weighted by Gasteiger charge is 2.23. The van der Waals surface area contributed by atoms with Gasteiger partial charge in [0.15, 0.2) is 0 Å². The first-order valence-corrected chi connectivity index (χ1v) is 7.27. The first-order valence-electron chi connectivity index (χ1n) is 7.27. The molecule has 112 valence electrons. The molecule has 1 aliphatic rings. The molecular formula is C14H29N3O2. The standard InChI is InChI=1S/C14H29N3O2/c1-11(2)15-13(14(18)19)7-9-17(4)12-6-5-8-16(3)10-12/h11-13,15H,5-10H2,1-4H3,(H,18,19). The molecule has 2 N–H and O–H groups in total. The van der Waals surface area contributed by atoms with E-state index in [1.165, 1.54) is 19.4 Å². The molecule has 1 saturated heterocycles. The van der Waals surface area contributed by atoms with Gasteiger partial charge in [-0.05, 0) is 39.9 Å². The third-order valence-corrected chi connectivity index (χ3v) is 3.83. The molecule has 1 fully saturated rings. The van der Waals surface area contributed by atoms with Gasteiger partial charge in [-0.2, -0.15) is 0 Å². The fourth-order valence-electron chi connectivity index (χ4n) is 2.69. The maximum atomic E-state index is 11.2. The molecule has 0 bridgehead atoms. The molecule has 5 nitrogen and oxygen atoms in total. The summed E-state index contributed by atoms with van der Waals surface area (Å²) in [6, 6.07) is 0.322. The molecule has 19 heavy (non-hydrogen) atoms. The van der Waals surface area contributed by atoms with Crippen molar-refractivity contribution >= 4 is 5.97 Å². The quantitative estimate of drug-likeness (QED) is 0.719. The summed E-state index contributed by atoms with van der Waals surface area (Å²) in [4.78, 5) is 15.9. The number of aliphatic carboxylic acids is 1. The minimum Gasteiger partial charge on any atom is -0.480 e. The van der Waals surface area contributed by atoms with Crippen LogP contribution in [-0.2, 0) is 4.79 Å². The van der Waals surface area contributed by atoms with E-state index in [2.05, 4.69) is 29.2 Å². The van der Waals surface area contributed by atoms with Crippen LogP contribution in [0.25, 0.3) is 0 Å². The second-order valence-corrected chi connectivity index (χ2v) is 6.04. The minimum atomic E-state index is -0.747. The highest BCUT2D eigenvalue weighted by atomic mass is 16.4. The van der Waals surface area contributed by atoms with E-state index < -0.39 is 12.0 Å². The summed E-state index contributed by atoms with van der Waals surface area (Å²) in [6.45, 7) is 7.06.